The summed E-state index contributed by atoms with van der Waals surface area (Å²) in [5.74, 6) is -0.130. The Morgan fingerprint density at radius 3 is 2.45 bits per heavy atom. The predicted octanol–water partition coefficient (Wildman–Crippen LogP) is 3.77. The van der Waals surface area contributed by atoms with Gasteiger partial charge in [0.25, 0.3) is 5.91 Å². The van der Waals surface area contributed by atoms with Gasteiger partial charge in [0.15, 0.2) is 0 Å². The summed E-state index contributed by atoms with van der Waals surface area (Å²) in [5, 5.41) is 6.25. The second-order valence-corrected chi connectivity index (χ2v) is 5.88. The number of rotatable bonds is 4. The van der Waals surface area contributed by atoms with Crippen LogP contribution in [0, 0.1) is 13.8 Å². The molecule has 0 aliphatic rings. The maximum absolute atomic E-state index is 12.4. The van der Waals surface area contributed by atoms with Crippen LogP contribution in [0.1, 0.15) is 35.3 Å². The van der Waals surface area contributed by atoms with Crippen LogP contribution in [0.3, 0.4) is 0 Å². The number of benzene rings is 2. The van der Waals surface area contributed by atoms with Gasteiger partial charge in [-0.3, -0.25) is 4.79 Å². The standard InChI is InChI=1S/C18H23N3O/c1-11(2)20-18(22)15-10-14(19)7-8-16(15)21-17-9-12(3)5-6-13(17)4/h5-11,21H,19H2,1-4H3,(H,20,22). The van der Waals surface area contributed by atoms with Crippen molar-refractivity contribution in [1.29, 1.82) is 0 Å². The first-order valence-corrected chi connectivity index (χ1v) is 7.41. The molecule has 0 saturated heterocycles. The highest BCUT2D eigenvalue weighted by Crippen LogP contribution is 2.26. The summed E-state index contributed by atoms with van der Waals surface area (Å²) in [7, 11) is 0. The molecule has 0 aromatic heterocycles. The molecule has 4 heteroatoms. The van der Waals surface area contributed by atoms with E-state index in [4.69, 9.17) is 5.73 Å². The second-order valence-electron chi connectivity index (χ2n) is 5.88. The highest BCUT2D eigenvalue weighted by atomic mass is 16.1. The van der Waals surface area contributed by atoms with E-state index < -0.39 is 0 Å². The third kappa shape index (κ3) is 3.79. The number of nitrogens with one attached hydrogen (secondary N) is 2. The topological polar surface area (TPSA) is 67.1 Å². The number of amides is 1. The van der Waals surface area contributed by atoms with E-state index in [1.165, 1.54) is 0 Å². The third-order valence-electron chi connectivity index (χ3n) is 3.37. The lowest BCUT2D eigenvalue weighted by Crippen LogP contribution is -2.30. The van der Waals surface area contributed by atoms with Gasteiger partial charge in [0.05, 0.1) is 11.3 Å². The first-order chi connectivity index (χ1) is 10.4. The van der Waals surface area contributed by atoms with E-state index in [9.17, 15) is 4.79 Å². The van der Waals surface area contributed by atoms with Crippen molar-refractivity contribution >= 4 is 23.0 Å². The third-order valence-corrected chi connectivity index (χ3v) is 3.37. The maximum atomic E-state index is 12.4. The van der Waals surface area contributed by atoms with E-state index in [-0.39, 0.29) is 11.9 Å². The largest absolute Gasteiger partial charge is 0.399 e. The minimum absolute atomic E-state index is 0.0717. The van der Waals surface area contributed by atoms with Crippen LogP contribution in [-0.2, 0) is 0 Å². The molecular formula is C18H23N3O. The smallest absolute Gasteiger partial charge is 0.253 e. The van der Waals surface area contributed by atoms with Crippen LogP contribution >= 0.6 is 0 Å². The first kappa shape index (κ1) is 15.9. The number of anilines is 3. The fourth-order valence-corrected chi connectivity index (χ4v) is 2.21. The monoisotopic (exact) mass is 297 g/mol. The molecule has 0 radical (unpaired) electrons. The Morgan fingerprint density at radius 1 is 1.05 bits per heavy atom. The van der Waals surface area contributed by atoms with Gasteiger partial charge in [-0.15, -0.1) is 0 Å². The molecule has 0 aliphatic carbocycles. The van der Waals surface area contributed by atoms with E-state index in [1.54, 1.807) is 12.1 Å². The number of nitrogen functional groups attached to an aromatic ring is 1. The van der Waals surface area contributed by atoms with Crippen LogP contribution in [0.5, 0.6) is 0 Å². The maximum Gasteiger partial charge on any atom is 0.253 e. The van der Waals surface area contributed by atoms with Gasteiger partial charge < -0.3 is 16.4 Å². The van der Waals surface area contributed by atoms with Crippen LogP contribution in [0.2, 0.25) is 0 Å². The fraction of sp³-hybridized carbons (Fsp3) is 0.278. The van der Waals surface area contributed by atoms with Crippen molar-refractivity contribution in [2.24, 2.45) is 0 Å². The van der Waals surface area contributed by atoms with Gasteiger partial charge >= 0.3 is 0 Å². The molecule has 0 bridgehead atoms. The van der Waals surface area contributed by atoms with Crippen LogP contribution in [-0.4, -0.2) is 11.9 Å². The average molecular weight is 297 g/mol. The molecule has 0 aliphatic heterocycles. The Balaban J connectivity index is 2.38. The molecule has 0 saturated carbocycles. The summed E-state index contributed by atoms with van der Waals surface area (Å²) in [5.41, 5.74) is 11.0. The summed E-state index contributed by atoms with van der Waals surface area (Å²) in [6, 6.07) is 11.6. The van der Waals surface area contributed by atoms with Crippen LogP contribution in [0.15, 0.2) is 36.4 Å². The molecule has 2 aromatic rings. The van der Waals surface area contributed by atoms with Crippen molar-refractivity contribution in [2.45, 2.75) is 33.7 Å². The highest BCUT2D eigenvalue weighted by molar-refractivity contribution is 6.01. The minimum atomic E-state index is -0.130. The molecule has 4 N–H and O–H groups in total. The Kier molecular flexibility index (Phi) is 4.71. The van der Waals surface area contributed by atoms with Crippen molar-refractivity contribution in [3.8, 4) is 0 Å². The van der Waals surface area contributed by atoms with Gasteiger partial charge in [-0.05, 0) is 63.1 Å². The minimum Gasteiger partial charge on any atom is -0.399 e. The zero-order chi connectivity index (χ0) is 16.3. The first-order valence-electron chi connectivity index (χ1n) is 7.41. The highest BCUT2D eigenvalue weighted by Gasteiger charge is 2.13. The molecule has 4 nitrogen and oxygen atoms in total. The molecule has 116 valence electrons. The van der Waals surface area contributed by atoms with E-state index in [0.717, 1.165) is 22.5 Å². The number of aryl methyl sites for hydroxylation is 2. The van der Waals surface area contributed by atoms with Gasteiger partial charge in [-0.25, -0.2) is 0 Å². The van der Waals surface area contributed by atoms with E-state index in [2.05, 4.69) is 28.8 Å². The molecule has 0 atom stereocenters. The lowest BCUT2D eigenvalue weighted by molar-refractivity contribution is 0.0944. The van der Waals surface area contributed by atoms with Crippen molar-refractivity contribution in [3.05, 3.63) is 53.1 Å². The molecule has 0 heterocycles. The number of carbonyl (C=O) groups excluding carboxylic acids is 1. The zero-order valence-electron chi connectivity index (χ0n) is 13.5. The van der Waals surface area contributed by atoms with Gasteiger partial charge in [0.1, 0.15) is 0 Å². The number of carbonyl (C=O) groups is 1. The normalized spacial score (nSPS) is 10.6. The van der Waals surface area contributed by atoms with Crippen LogP contribution in [0.25, 0.3) is 0 Å². The molecule has 0 unspecified atom stereocenters. The van der Waals surface area contributed by atoms with Crippen molar-refractivity contribution in [3.63, 3.8) is 0 Å². The number of nitrogens with two attached hydrogens (primary N) is 1. The average Bonchev–Trinajstić information content (AvgIpc) is 2.44. The molecule has 0 spiro atoms. The molecule has 0 fully saturated rings. The Morgan fingerprint density at radius 2 is 1.77 bits per heavy atom. The van der Waals surface area contributed by atoms with Crippen molar-refractivity contribution in [2.75, 3.05) is 11.1 Å². The Labute approximate surface area is 131 Å². The summed E-state index contributed by atoms with van der Waals surface area (Å²) in [6.07, 6.45) is 0. The molecule has 22 heavy (non-hydrogen) atoms. The molecule has 2 aromatic carbocycles. The SMILES string of the molecule is Cc1ccc(C)c(Nc2ccc(N)cc2C(=O)NC(C)C)c1. The quantitative estimate of drug-likeness (QED) is 0.753. The van der Waals surface area contributed by atoms with Gasteiger partial charge in [0.2, 0.25) is 0 Å². The molecular weight excluding hydrogens is 274 g/mol. The predicted molar refractivity (Wildman–Crippen MR) is 92.7 cm³/mol. The van der Waals surface area contributed by atoms with Crippen molar-refractivity contribution < 1.29 is 4.79 Å². The number of hydrogen-bond acceptors (Lipinski definition) is 3. The number of hydrogen-bond donors (Lipinski definition) is 3. The molecule has 1 amide bonds. The summed E-state index contributed by atoms with van der Waals surface area (Å²) >= 11 is 0. The van der Waals surface area contributed by atoms with E-state index >= 15 is 0 Å². The van der Waals surface area contributed by atoms with Gasteiger partial charge in [-0.1, -0.05) is 12.1 Å². The summed E-state index contributed by atoms with van der Waals surface area (Å²) in [6.45, 7) is 7.94. The Bertz CT molecular complexity index is 693. The van der Waals surface area contributed by atoms with E-state index in [0.29, 0.717) is 11.3 Å². The van der Waals surface area contributed by atoms with Gasteiger partial charge in [0, 0.05) is 17.4 Å². The lowest BCUT2D eigenvalue weighted by Gasteiger charge is -2.16. The summed E-state index contributed by atoms with van der Waals surface area (Å²) < 4.78 is 0. The van der Waals surface area contributed by atoms with E-state index in [1.807, 2.05) is 33.8 Å². The Hall–Kier alpha value is -2.49. The van der Waals surface area contributed by atoms with Crippen LogP contribution in [0.4, 0.5) is 17.1 Å². The second kappa shape index (κ2) is 6.52. The van der Waals surface area contributed by atoms with Crippen LogP contribution < -0.4 is 16.4 Å². The lowest BCUT2D eigenvalue weighted by atomic mass is 10.1. The van der Waals surface area contributed by atoms with Crippen molar-refractivity contribution in [1.82, 2.24) is 5.32 Å². The summed E-state index contributed by atoms with van der Waals surface area (Å²) in [4.78, 5) is 12.4. The van der Waals surface area contributed by atoms with Gasteiger partial charge in [-0.2, -0.15) is 0 Å². The zero-order valence-corrected chi connectivity index (χ0v) is 13.5. The molecule has 2 rings (SSSR count). The fourth-order valence-electron chi connectivity index (χ4n) is 2.21.